The third-order valence-electron chi connectivity index (χ3n) is 1.95. The van der Waals surface area contributed by atoms with Crippen LogP contribution in [0.15, 0.2) is 17.7 Å². The quantitative estimate of drug-likeness (QED) is 0.670. The van der Waals surface area contributed by atoms with Gasteiger partial charge in [-0.15, -0.1) is 0 Å². The molecule has 0 aliphatic rings. The van der Waals surface area contributed by atoms with Crippen LogP contribution in [0.4, 0.5) is 0 Å². The Labute approximate surface area is 95.1 Å². The highest BCUT2D eigenvalue weighted by atomic mass is 16.5. The Hall–Kier alpha value is -2.51. The second kappa shape index (κ2) is 4.16. The standard InChI is InChI=1S/C9H9N5O3/c1-3-13-9-11-7(15)6(8(16)17-4-2)12-14(9)5-10-13/h3,5H,1,4H2,2H3. The summed E-state index contributed by atoms with van der Waals surface area (Å²) in [6.45, 7) is 5.29. The van der Waals surface area contributed by atoms with E-state index in [0.717, 1.165) is 0 Å². The van der Waals surface area contributed by atoms with Crippen molar-refractivity contribution in [2.75, 3.05) is 6.61 Å². The maximum absolute atomic E-state index is 11.6. The summed E-state index contributed by atoms with van der Waals surface area (Å²) in [5.41, 5.74) is -1.12. The minimum absolute atomic E-state index is 0.161. The number of hydrogen-bond donors (Lipinski definition) is 0. The van der Waals surface area contributed by atoms with E-state index in [1.54, 1.807) is 6.92 Å². The molecular weight excluding hydrogens is 226 g/mol. The third-order valence-corrected chi connectivity index (χ3v) is 1.95. The Bertz CT molecular complexity index is 642. The van der Waals surface area contributed by atoms with Crippen molar-refractivity contribution in [3.63, 3.8) is 0 Å². The van der Waals surface area contributed by atoms with Crippen LogP contribution in [0, 0.1) is 0 Å². The molecule has 88 valence electrons. The predicted octanol–water partition coefficient (Wildman–Crippen LogP) is -0.437. The molecule has 0 unspecified atom stereocenters. The van der Waals surface area contributed by atoms with Gasteiger partial charge in [-0.05, 0) is 6.92 Å². The molecule has 8 nitrogen and oxygen atoms in total. The summed E-state index contributed by atoms with van der Waals surface area (Å²) in [5.74, 6) is -0.621. The van der Waals surface area contributed by atoms with Gasteiger partial charge in [-0.3, -0.25) is 4.79 Å². The van der Waals surface area contributed by atoms with Crippen LogP contribution < -0.4 is 5.56 Å². The molecule has 0 amide bonds. The first kappa shape index (κ1) is 11.0. The molecule has 0 aliphatic carbocycles. The topological polar surface area (TPSA) is 91.4 Å². The lowest BCUT2D eigenvalue weighted by Gasteiger charge is -1.99. The summed E-state index contributed by atoms with van der Waals surface area (Å²) in [4.78, 5) is 26.6. The van der Waals surface area contributed by atoms with Gasteiger partial charge in [0.25, 0.3) is 5.78 Å². The number of nitrogens with zero attached hydrogens (tertiary/aromatic N) is 5. The van der Waals surface area contributed by atoms with E-state index in [1.807, 2.05) is 0 Å². The second-order valence-electron chi connectivity index (χ2n) is 2.99. The molecule has 0 atom stereocenters. The third kappa shape index (κ3) is 1.80. The van der Waals surface area contributed by atoms with Crippen LogP contribution in [0.2, 0.25) is 0 Å². The van der Waals surface area contributed by atoms with E-state index in [1.165, 1.54) is 21.7 Å². The lowest BCUT2D eigenvalue weighted by atomic mass is 10.5. The van der Waals surface area contributed by atoms with E-state index in [4.69, 9.17) is 0 Å². The molecule has 0 fully saturated rings. The van der Waals surface area contributed by atoms with Gasteiger partial charge in [0.1, 0.15) is 6.33 Å². The Morgan fingerprint density at radius 2 is 2.41 bits per heavy atom. The predicted molar refractivity (Wildman–Crippen MR) is 57.4 cm³/mol. The molecular formula is C9H9N5O3. The van der Waals surface area contributed by atoms with Gasteiger partial charge in [0.15, 0.2) is 0 Å². The average molecular weight is 235 g/mol. The van der Waals surface area contributed by atoms with Crippen molar-refractivity contribution >= 4 is 17.9 Å². The fraction of sp³-hybridized carbons (Fsp3) is 0.222. The summed E-state index contributed by atoms with van der Waals surface area (Å²) < 4.78 is 7.16. The van der Waals surface area contributed by atoms with Gasteiger partial charge in [0.05, 0.1) is 6.61 Å². The molecule has 0 aromatic carbocycles. The lowest BCUT2D eigenvalue weighted by Crippen LogP contribution is -2.24. The SMILES string of the molecule is C=Cn1ncn2nc(C(=O)OCC)c(=O)nc12. The first-order valence-electron chi connectivity index (χ1n) is 4.81. The van der Waals surface area contributed by atoms with E-state index in [0.29, 0.717) is 0 Å². The van der Waals surface area contributed by atoms with Crippen LogP contribution in [0.1, 0.15) is 17.4 Å². The zero-order valence-electron chi connectivity index (χ0n) is 9.03. The largest absolute Gasteiger partial charge is 0.461 e. The van der Waals surface area contributed by atoms with E-state index in [9.17, 15) is 9.59 Å². The van der Waals surface area contributed by atoms with Gasteiger partial charge in [-0.2, -0.15) is 19.7 Å². The molecule has 0 bridgehead atoms. The van der Waals surface area contributed by atoms with Gasteiger partial charge in [0.2, 0.25) is 5.69 Å². The molecule has 2 aromatic heterocycles. The molecule has 0 radical (unpaired) electrons. The van der Waals surface area contributed by atoms with E-state index >= 15 is 0 Å². The lowest BCUT2D eigenvalue weighted by molar-refractivity contribution is 0.0515. The van der Waals surface area contributed by atoms with Crippen LogP contribution in [0.5, 0.6) is 0 Å². The Morgan fingerprint density at radius 3 is 3.06 bits per heavy atom. The van der Waals surface area contributed by atoms with Crippen molar-refractivity contribution in [2.45, 2.75) is 6.92 Å². The number of aromatic nitrogens is 5. The summed E-state index contributed by atoms with van der Waals surface area (Å²) >= 11 is 0. The molecule has 8 heteroatoms. The first-order valence-corrected chi connectivity index (χ1v) is 4.81. The number of hydrogen-bond acceptors (Lipinski definition) is 6. The van der Waals surface area contributed by atoms with Crippen LogP contribution in [-0.2, 0) is 4.74 Å². The molecule has 2 heterocycles. The van der Waals surface area contributed by atoms with Crippen molar-refractivity contribution in [1.82, 2.24) is 24.4 Å². The number of rotatable bonds is 3. The summed E-state index contributed by atoms with van der Waals surface area (Å²) in [6.07, 6.45) is 2.68. The van der Waals surface area contributed by atoms with E-state index in [-0.39, 0.29) is 18.1 Å². The number of ether oxygens (including phenoxy) is 1. The van der Waals surface area contributed by atoms with Crippen LogP contribution >= 0.6 is 0 Å². The van der Waals surface area contributed by atoms with Gasteiger partial charge < -0.3 is 4.74 Å². The van der Waals surface area contributed by atoms with E-state index < -0.39 is 11.5 Å². The van der Waals surface area contributed by atoms with E-state index in [2.05, 4.69) is 26.5 Å². The molecule has 2 aromatic rings. The molecule has 0 saturated heterocycles. The fourth-order valence-electron chi connectivity index (χ4n) is 1.24. The smallest absolute Gasteiger partial charge is 0.364 e. The van der Waals surface area contributed by atoms with Crippen molar-refractivity contribution < 1.29 is 9.53 Å². The van der Waals surface area contributed by atoms with Crippen LogP contribution in [0.3, 0.4) is 0 Å². The van der Waals surface area contributed by atoms with Gasteiger partial charge >= 0.3 is 11.5 Å². The first-order chi connectivity index (χ1) is 8.17. The van der Waals surface area contributed by atoms with Gasteiger partial charge in [-0.1, -0.05) is 6.58 Å². The second-order valence-corrected chi connectivity index (χ2v) is 2.99. The Kier molecular flexibility index (Phi) is 2.69. The van der Waals surface area contributed by atoms with Crippen LogP contribution in [0.25, 0.3) is 12.0 Å². The summed E-state index contributed by atoms with van der Waals surface area (Å²) in [7, 11) is 0. The minimum Gasteiger partial charge on any atom is -0.461 e. The molecule has 0 aliphatic heterocycles. The molecule has 0 spiro atoms. The minimum atomic E-state index is -0.800. The highest BCUT2D eigenvalue weighted by Crippen LogP contribution is 1.97. The maximum Gasteiger partial charge on any atom is 0.364 e. The summed E-state index contributed by atoms with van der Waals surface area (Å²) in [5, 5.41) is 7.64. The monoisotopic (exact) mass is 235 g/mol. The Morgan fingerprint density at radius 1 is 1.65 bits per heavy atom. The zero-order valence-corrected chi connectivity index (χ0v) is 9.03. The fourth-order valence-corrected chi connectivity index (χ4v) is 1.24. The molecule has 0 N–H and O–H groups in total. The molecule has 0 saturated carbocycles. The molecule has 17 heavy (non-hydrogen) atoms. The number of carbonyl (C=O) groups excluding carboxylic acids is 1. The van der Waals surface area contributed by atoms with Gasteiger partial charge in [0, 0.05) is 6.20 Å². The molecule has 2 rings (SSSR count). The van der Waals surface area contributed by atoms with Gasteiger partial charge in [-0.25, -0.2) is 9.48 Å². The number of carbonyl (C=O) groups is 1. The van der Waals surface area contributed by atoms with Crippen molar-refractivity contribution in [3.8, 4) is 0 Å². The maximum atomic E-state index is 11.6. The van der Waals surface area contributed by atoms with Crippen molar-refractivity contribution in [1.29, 1.82) is 0 Å². The van der Waals surface area contributed by atoms with Crippen molar-refractivity contribution in [3.05, 3.63) is 29.0 Å². The summed E-state index contributed by atoms with van der Waals surface area (Å²) in [6, 6.07) is 0. The normalized spacial score (nSPS) is 10.4. The number of fused-ring (bicyclic) bond motifs is 1. The highest BCUT2D eigenvalue weighted by Gasteiger charge is 2.17. The van der Waals surface area contributed by atoms with Crippen LogP contribution in [-0.4, -0.2) is 37.0 Å². The number of esters is 1. The highest BCUT2D eigenvalue weighted by molar-refractivity contribution is 5.86. The van der Waals surface area contributed by atoms with Crippen molar-refractivity contribution in [2.24, 2.45) is 0 Å². The Balaban J connectivity index is 2.61. The zero-order chi connectivity index (χ0) is 12.4. The average Bonchev–Trinajstić information content (AvgIpc) is 2.70.